The predicted octanol–water partition coefficient (Wildman–Crippen LogP) is 5.22. The molecule has 0 saturated heterocycles. The van der Waals surface area contributed by atoms with E-state index >= 15 is 0 Å². The summed E-state index contributed by atoms with van der Waals surface area (Å²) in [6.07, 6.45) is 0.280. The van der Waals surface area contributed by atoms with E-state index in [1.807, 2.05) is 12.2 Å². The molecule has 3 amide bonds. The van der Waals surface area contributed by atoms with Gasteiger partial charge in [0.05, 0.1) is 17.5 Å². The molecule has 0 radical (unpaired) electrons. The number of aliphatic imine (C=N–C) groups is 1. The molecular weight excluding hydrogens is 470 g/mol. The monoisotopic (exact) mass is 489 g/mol. The third-order valence-electron chi connectivity index (χ3n) is 4.43. The standard InChI is InChI=1S/C23H19F4N5O3/c1-2-3-4-18(20-21(28)29-12-19(33)32-20)35-15-8-6-14(7-9-15)30-22(34)31-17-11-13(23(25,26)27)5-10-16(17)24/h3-12,28H,2H2,1H3,(H,32,33)(H2,30,31,34)/b4-3-,20-18-,28-21?. The van der Waals surface area contributed by atoms with Gasteiger partial charge in [0.15, 0.2) is 11.6 Å². The topological polar surface area (TPSA) is 116 Å². The molecule has 12 heteroatoms. The predicted molar refractivity (Wildman–Crippen MR) is 122 cm³/mol. The van der Waals surface area contributed by atoms with E-state index in [0.29, 0.717) is 30.4 Å². The summed E-state index contributed by atoms with van der Waals surface area (Å²) >= 11 is 0. The highest BCUT2D eigenvalue weighted by Crippen LogP contribution is 2.32. The molecule has 0 bridgehead atoms. The third kappa shape index (κ3) is 6.76. The van der Waals surface area contributed by atoms with Crippen molar-refractivity contribution < 1.29 is 31.9 Å². The zero-order chi connectivity index (χ0) is 25.6. The van der Waals surface area contributed by atoms with Crippen molar-refractivity contribution >= 4 is 35.4 Å². The second kappa shape index (κ2) is 10.6. The van der Waals surface area contributed by atoms with Gasteiger partial charge in [-0.1, -0.05) is 13.0 Å². The van der Waals surface area contributed by atoms with Gasteiger partial charge in [-0.15, -0.1) is 0 Å². The van der Waals surface area contributed by atoms with Crippen LogP contribution in [0.5, 0.6) is 5.75 Å². The maximum atomic E-state index is 13.8. The lowest BCUT2D eigenvalue weighted by Crippen LogP contribution is -2.33. The number of carbonyl (C=O) groups is 2. The van der Waals surface area contributed by atoms with Crippen molar-refractivity contribution in [3.05, 3.63) is 77.5 Å². The fourth-order valence-electron chi connectivity index (χ4n) is 2.79. The maximum absolute atomic E-state index is 13.8. The zero-order valence-electron chi connectivity index (χ0n) is 18.2. The minimum Gasteiger partial charge on any atom is -0.455 e. The molecule has 1 heterocycles. The number of anilines is 2. The van der Waals surface area contributed by atoms with Crippen molar-refractivity contribution in [3.8, 4) is 5.75 Å². The normalized spacial score (nSPS) is 15.1. The molecule has 0 aromatic heterocycles. The number of carbonyl (C=O) groups excluding carboxylic acids is 2. The Hall–Kier alpha value is -4.48. The average molecular weight is 489 g/mol. The average Bonchev–Trinajstić information content (AvgIpc) is 2.80. The van der Waals surface area contributed by atoms with Gasteiger partial charge in [0.2, 0.25) is 0 Å². The lowest BCUT2D eigenvalue weighted by molar-refractivity contribution is -0.137. The lowest BCUT2D eigenvalue weighted by atomic mass is 10.2. The molecule has 35 heavy (non-hydrogen) atoms. The van der Waals surface area contributed by atoms with Crippen LogP contribution in [-0.2, 0) is 11.0 Å². The number of benzene rings is 2. The van der Waals surface area contributed by atoms with E-state index in [4.69, 9.17) is 10.1 Å². The number of amides is 3. The van der Waals surface area contributed by atoms with Crippen molar-refractivity contribution in [1.29, 1.82) is 5.41 Å². The van der Waals surface area contributed by atoms with Crippen LogP contribution in [0.4, 0.5) is 33.7 Å². The molecule has 0 unspecified atom stereocenters. The fourth-order valence-corrected chi connectivity index (χ4v) is 2.79. The van der Waals surface area contributed by atoms with Crippen molar-refractivity contribution in [2.75, 3.05) is 10.6 Å². The smallest absolute Gasteiger partial charge is 0.416 e. The molecule has 1 aliphatic rings. The molecule has 3 rings (SSSR count). The molecule has 0 saturated carbocycles. The number of alkyl halides is 3. The summed E-state index contributed by atoms with van der Waals surface area (Å²) in [6.45, 7) is 1.89. The van der Waals surface area contributed by atoms with Crippen LogP contribution in [0.1, 0.15) is 18.9 Å². The van der Waals surface area contributed by atoms with Gasteiger partial charge in [0, 0.05) is 5.69 Å². The summed E-state index contributed by atoms with van der Waals surface area (Å²) in [4.78, 5) is 27.5. The van der Waals surface area contributed by atoms with Crippen LogP contribution in [0, 0.1) is 11.2 Å². The highest BCUT2D eigenvalue weighted by atomic mass is 19.4. The number of nitrogens with one attached hydrogen (secondary N) is 4. The van der Waals surface area contributed by atoms with Crippen LogP contribution in [0.25, 0.3) is 0 Å². The highest BCUT2D eigenvalue weighted by molar-refractivity contribution is 6.33. The Morgan fingerprint density at radius 1 is 1.17 bits per heavy atom. The van der Waals surface area contributed by atoms with Crippen LogP contribution in [0.3, 0.4) is 0 Å². The van der Waals surface area contributed by atoms with Gasteiger partial charge in [0.25, 0.3) is 5.91 Å². The van der Waals surface area contributed by atoms with Gasteiger partial charge in [-0.25, -0.2) is 14.2 Å². The Bertz CT molecular complexity index is 1230. The number of nitrogens with zero attached hydrogens (tertiary/aromatic N) is 1. The molecule has 4 N–H and O–H groups in total. The zero-order valence-corrected chi connectivity index (χ0v) is 18.2. The second-order valence-electron chi connectivity index (χ2n) is 7.04. The molecule has 1 aliphatic heterocycles. The Kier molecular flexibility index (Phi) is 7.64. The molecule has 182 valence electrons. The number of halogens is 4. The van der Waals surface area contributed by atoms with Crippen LogP contribution in [-0.4, -0.2) is 24.0 Å². The summed E-state index contributed by atoms with van der Waals surface area (Å²) in [5.74, 6) is -1.27. The van der Waals surface area contributed by atoms with Gasteiger partial charge >= 0.3 is 12.2 Å². The van der Waals surface area contributed by atoms with Crippen molar-refractivity contribution in [2.24, 2.45) is 4.99 Å². The fraction of sp³-hybridized carbons (Fsp3) is 0.130. The number of ether oxygens (including phenoxy) is 1. The molecule has 0 aliphatic carbocycles. The molecule has 0 fully saturated rings. The van der Waals surface area contributed by atoms with E-state index in [1.54, 1.807) is 12.2 Å². The van der Waals surface area contributed by atoms with Gasteiger partial charge in [0.1, 0.15) is 17.3 Å². The number of hydrogen-bond donors (Lipinski definition) is 4. The van der Waals surface area contributed by atoms with Gasteiger partial charge in [-0.2, -0.15) is 13.2 Å². The van der Waals surface area contributed by atoms with Crippen LogP contribution >= 0.6 is 0 Å². The largest absolute Gasteiger partial charge is 0.455 e. The first-order valence-corrected chi connectivity index (χ1v) is 10.1. The second-order valence-corrected chi connectivity index (χ2v) is 7.04. The van der Waals surface area contributed by atoms with Crippen molar-refractivity contribution in [1.82, 2.24) is 5.32 Å². The van der Waals surface area contributed by atoms with E-state index in [9.17, 15) is 27.2 Å². The van der Waals surface area contributed by atoms with E-state index in [-0.39, 0.29) is 23.0 Å². The molecule has 2 aromatic carbocycles. The molecule has 8 nitrogen and oxygen atoms in total. The van der Waals surface area contributed by atoms with E-state index in [1.165, 1.54) is 24.3 Å². The Morgan fingerprint density at radius 3 is 2.54 bits per heavy atom. The summed E-state index contributed by atoms with van der Waals surface area (Å²) in [6, 6.07) is 6.54. The molecular formula is C23H19F4N5O3. The summed E-state index contributed by atoms with van der Waals surface area (Å²) in [5, 5.41) is 14.8. The minimum absolute atomic E-state index is 0.0758. The Morgan fingerprint density at radius 2 is 1.89 bits per heavy atom. The SMILES string of the molecule is CC/C=C\C(Oc1ccc(NC(=O)Nc2cc(C(F)(F)F)ccc2F)cc1)=C1\NC(=O)C=NC1=N. The third-order valence-corrected chi connectivity index (χ3v) is 4.43. The first kappa shape index (κ1) is 25.1. The lowest BCUT2D eigenvalue weighted by Gasteiger charge is -2.16. The number of urea groups is 1. The number of allylic oxidation sites excluding steroid dienone is 2. The van der Waals surface area contributed by atoms with Gasteiger partial charge in [-0.3, -0.25) is 10.2 Å². The Labute approximate surface area is 196 Å². The molecule has 0 spiro atoms. The Balaban J connectivity index is 1.71. The van der Waals surface area contributed by atoms with Crippen molar-refractivity contribution in [2.45, 2.75) is 19.5 Å². The number of rotatable bonds is 6. The first-order valence-electron chi connectivity index (χ1n) is 10.1. The number of amidine groups is 1. The van der Waals surface area contributed by atoms with Gasteiger partial charge in [-0.05, 0) is 55.0 Å². The van der Waals surface area contributed by atoms with Crippen LogP contribution < -0.4 is 20.7 Å². The van der Waals surface area contributed by atoms with Gasteiger partial charge < -0.3 is 20.7 Å². The highest BCUT2D eigenvalue weighted by Gasteiger charge is 2.31. The molecule has 2 aromatic rings. The van der Waals surface area contributed by atoms with E-state index in [0.717, 1.165) is 6.21 Å². The quantitative estimate of drug-likeness (QED) is 0.329. The summed E-state index contributed by atoms with van der Waals surface area (Å²) in [5.41, 5.74) is -1.42. The van der Waals surface area contributed by atoms with Crippen molar-refractivity contribution in [3.63, 3.8) is 0 Å². The molecule has 0 atom stereocenters. The van der Waals surface area contributed by atoms with E-state index < -0.39 is 35.2 Å². The summed E-state index contributed by atoms with van der Waals surface area (Å²) < 4.78 is 58.1. The minimum atomic E-state index is -4.69. The van der Waals surface area contributed by atoms with Crippen LogP contribution in [0.2, 0.25) is 0 Å². The van der Waals surface area contributed by atoms with E-state index in [2.05, 4.69) is 15.6 Å². The van der Waals surface area contributed by atoms with Crippen LogP contribution in [0.15, 0.2) is 71.1 Å². The number of hydrogen-bond acceptors (Lipinski definition) is 4. The summed E-state index contributed by atoms with van der Waals surface area (Å²) in [7, 11) is 0. The maximum Gasteiger partial charge on any atom is 0.416 e. The first-order chi connectivity index (χ1) is 16.6.